The van der Waals surface area contributed by atoms with E-state index < -0.39 is 10.7 Å². The van der Waals surface area contributed by atoms with Crippen molar-refractivity contribution in [1.29, 1.82) is 0 Å². The molecule has 1 N–H and O–H groups in total. The van der Waals surface area contributed by atoms with Gasteiger partial charge in [-0.3, -0.25) is 10.1 Å². The second-order valence-corrected chi connectivity index (χ2v) is 5.60. The average Bonchev–Trinajstić information content (AvgIpc) is 2.36. The van der Waals surface area contributed by atoms with Gasteiger partial charge in [0, 0.05) is 12.6 Å². The van der Waals surface area contributed by atoms with E-state index in [0.717, 1.165) is 18.9 Å². The van der Waals surface area contributed by atoms with Gasteiger partial charge < -0.3 is 5.32 Å². The van der Waals surface area contributed by atoms with Gasteiger partial charge in [0.05, 0.1) is 16.7 Å². The van der Waals surface area contributed by atoms with Crippen LogP contribution >= 0.6 is 0 Å². The van der Waals surface area contributed by atoms with Crippen molar-refractivity contribution in [3.63, 3.8) is 0 Å². The van der Waals surface area contributed by atoms with Crippen LogP contribution in [0.25, 0.3) is 0 Å². The number of hydrogen-bond donors (Lipinski definition) is 1. The molecule has 0 saturated heterocycles. The molecule has 1 aliphatic rings. The van der Waals surface area contributed by atoms with Gasteiger partial charge in [-0.1, -0.05) is 18.6 Å². The molecule has 0 radical (unpaired) electrons. The van der Waals surface area contributed by atoms with Gasteiger partial charge in [0.25, 0.3) is 5.69 Å². The lowest BCUT2D eigenvalue weighted by Gasteiger charge is -2.26. The molecule has 0 aliphatic heterocycles. The fourth-order valence-electron chi connectivity index (χ4n) is 2.86. The molecule has 1 aromatic carbocycles. The molecule has 20 heavy (non-hydrogen) atoms. The highest BCUT2D eigenvalue weighted by Crippen LogP contribution is 2.28. The van der Waals surface area contributed by atoms with Crippen molar-refractivity contribution in [3.05, 3.63) is 45.8 Å². The Morgan fingerprint density at radius 2 is 2.25 bits per heavy atom. The molecule has 0 saturated carbocycles. The lowest BCUT2D eigenvalue weighted by Crippen LogP contribution is -2.20. The van der Waals surface area contributed by atoms with Gasteiger partial charge in [-0.05, 0) is 37.7 Å². The van der Waals surface area contributed by atoms with Crippen LogP contribution in [0.4, 0.5) is 15.8 Å². The number of non-ortho nitro benzene ring substituents is 1. The van der Waals surface area contributed by atoms with E-state index in [0.29, 0.717) is 24.1 Å². The summed E-state index contributed by atoms with van der Waals surface area (Å²) in [6.45, 7) is 4.99. The van der Waals surface area contributed by atoms with Crippen molar-refractivity contribution in [2.75, 3.05) is 11.9 Å². The van der Waals surface area contributed by atoms with Crippen LogP contribution in [0, 0.1) is 27.8 Å². The first-order valence-electron chi connectivity index (χ1n) is 6.81. The summed E-state index contributed by atoms with van der Waals surface area (Å²) in [5.74, 6) is 0.456. The summed E-state index contributed by atoms with van der Waals surface area (Å²) >= 11 is 0. The molecular weight excluding hydrogens is 259 g/mol. The van der Waals surface area contributed by atoms with Crippen LogP contribution in [0.15, 0.2) is 29.8 Å². The number of anilines is 1. The maximum absolute atomic E-state index is 13.7. The van der Waals surface area contributed by atoms with E-state index in [2.05, 4.69) is 25.2 Å². The summed E-state index contributed by atoms with van der Waals surface area (Å²) < 4.78 is 13.7. The molecule has 1 aromatic rings. The van der Waals surface area contributed by atoms with Crippen LogP contribution in [-0.2, 0) is 0 Å². The first kappa shape index (κ1) is 14.5. The quantitative estimate of drug-likeness (QED) is 0.511. The number of hydrogen-bond acceptors (Lipinski definition) is 3. The third-order valence-corrected chi connectivity index (χ3v) is 3.63. The zero-order valence-electron chi connectivity index (χ0n) is 11.7. The molecule has 0 spiro atoms. The fourth-order valence-corrected chi connectivity index (χ4v) is 2.86. The van der Waals surface area contributed by atoms with E-state index in [-0.39, 0.29) is 5.69 Å². The van der Waals surface area contributed by atoms with E-state index in [1.54, 1.807) is 0 Å². The molecule has 0 fully saturated rings. The molecule has 2 atom stereocenters. The summed E-state index contributed by atoms with van der Waals surface area (Å²) in [6.07, 6.45) is 4.38. The van der Waals surface area contributed by atoms with E-state index in [4.69, 9.17) is 0 Å². The molecule has 4 nitrogen and oxygen atoms in total. The first-order chi connectivity index (χ1) is 9.45. The number of halogens is 1. The summed E-state index contributed by atoms with van der Waals surface area (Å²) in [6, 6.07) is 3.71. The second-order valence-electron chi connectivity index (χ2n) is 5.60. The highest BCUT2D eigenvalue weighted by Gasteiger charge is 2.18. The molecule has 0 bridgehead atoms. The second kappa shape index (κ2) is 6.03. The fraction of sp³-hybridized carbons (Fsp3) is 0.467. The van der Waals surface area contributed by atoms with Crippen LogP contribution in [0.5, 0.6) is 0 Å². The number of nitro benzene ring substituents is 1. The lowest BCUT2D eigenvalue weighted by atomic mass is 9.84. The molecule has 2 unspecified atom stereocenters. The van der Waals surface area contributed by atoms with Gasteiger partial charge in [0.2, 0.25) is 0 Å². The minimum atomic E-state index is -0.593. The third-order valence-electron chi connectivity index (χ3n) is 3.63. The standard InChI is InChI=1S/C15H19FN2O2/c1-10-5-11(2)7-12(6-10)9-17-15-4-3-13(18(19)20)8-14(15)16/h3-5,8,10,12,17H,6-7,9H2,1-2H3. The largest absolute Gasteiger partial charge is 0.382 e. The molecule has 5 heteroatoms. The van der Waals surface area contributed by atoms with Crippen LogP contribution in [0.2, 0.25) is 0 Å². The van der Waals surface area contributed by atoms with Crippen molar-refractivity contribution in [2.45, 2.75) is 26.7 Å². The Hall–Kier alpha value is -1.91. The summed E-state index contributed by atoms with van der Waals surface area (Å²) in [7, 11) is 0. The predicted octanol–water partition coefficient (Wildman–Crippen LogP) is 4.14. The Kier molecular flexibility index (Phi) is 4.37. The van der Waals surface area contributed by atoms with Gasteiger partial charge >= 0.3 is 0 Å². The Balaban J connectivity index is 1.98. The van der Waals surface area contributed by atoms with Crippen molar-refractivity contribution in [1.82, 2.24) is 0 Å². The zero-order valence-corrected chi connectivity index (χ0v) is 11.7. The van der Waals surface area contributed by atoms with Crippen molar-refractivity contribution >= 4 is 11.4 Å². The molecule has 1 aliphatic carbocycles. The summed E-state index contributed by atoms with van der Waals surface area (Å²) in [5.41, 5.74) is 1.48. The van der Waals surface area contributed by atoms with Crippen molar-refractivity contribution < 1.29 is 9.31 Å². The summed E-state index contributed by atoms with van der Waals surface area (Å²) in [5, 5.41) is 13.6. The Labute approximate surface area is 117 Å². The van der Waals surface area contributed by atoms with Gasteiger partial charge in [-0.15, -0.1) is 0 Å². The van der Waals surface area contributed by atoms with Crippen LogP contribution < -0.4 is 5.32 Å². The number of nitrogens with zero attached hydrogens (tertiary/aromatic N) is 1. The predicted molar refractivity (Wildman–Crippen MR) is 77.2 cm³/mol. The highest BCUT2D eigenvalue weighted by molar-refractivity contribution is 5.50. The number of allylic oxidation sites excluding steroid dienone is 2. The van der Waals surface area contributed by atoms with E-state index in [1.165, 1.54) is 17.7 Å². The smallest absolute Gasteiger partial charge is 0.272 e. The van der Waals surface area contributed by atoms with Crippen LogP contribution in [-0.4, -0.2) is 11.5 Å². The minimum absolute atomic E-state index is 0.224. The Morgan fingerprint density at radius 3 is 2.85 bits per heavy atom. The maximum atomic E-state index is 13.7. The molecule has 2 rings (SSSR count). The molecule has 108 valence electrons. The van der Waals surface area contributed by atoms with Gasteiger partial charge in [-0.25, -0.2) is 4.39 Å². The molecule has 0 amide bonds. The Morgan fingerprint density at radius 1 is 1.50 bits per heavy atom. The van der Waals surface area contributed by atoms with Gasteiger partial charge in [-0.2, -0.15) is 0 Å². The van der Waals surface area contributed by atoms with Crippen molar-refractivity contribution in [2.24, 2.45) is 11.8 Å². The number of rotatable bonds is 4. The van der Waals surface area contributed by atoms with Crippen LogP contribution in [0.1, 0.15) is 26.7 Å². The molecule has 0 aromatic heterocycles. The third kappa shape index (κ3) is 3.56. The lowest BCUT2D eigenvalue weighted by molar-refractivity contribution is -0.385. The maximum Gasteiger partial charge on any atom is 0.272 e. The monoisotopic (exact) mass is 278 g/mol. The minimum Gasteiger partial charge on any atom is -0.382 e. The first-order valence-corrected chi connectivity index (χ1v) is 6.81. The van der Waals surface area contributed by atoms with Crippen LogP contribution in [0.3, 0.4) is 0 Å². The highest BCUT2D eigenvalue weighted by atomic mass is 19.1. The number of nitro groups is 1. The summed E-state index contributed by atoms with van der Waals surface area (Å²) in [4.78, 5) is 9.96. The van der Waals surface area contributed by atoms with E-state index >= 15 is 0 Å². The molecular formula is C15H19FN2O2. The average molecular weight is 278 g/mol. The van der Waals surface area contributed by atoms with Gasteiger partial charge in [0.1, 0.15) is 0 Å². The Bertz CT molecular complexity index is 543. The molecule has 0 heterocycles. The van der Waals surface area contributed by atoms with Crippen molar-refractivity contribution in [3.8, 4) is 0 Å². The SMILES string of the molecule is CC1=CC(C)CC(CNc2ccc([N+](=O)[O-])cc2F)C1. The van der Waals surface area contributed by atoms with E-state index in [1.807, 2.05) is 0 Å². The number of benzene rings is 1. The zero-order chi connectivity index (χ0) is 14.7. The van der Waals surface area contributed by atoms with Gasteiger partial charge in [0.15, 0.2) is 5.82 Å². The van der Waals surface area contributed by atoms with E-state index in [9.17, 15) is 14.5 Å². The normalized spacial score (nSPS) is 22.2. The number of nitrogens with one attached hydrogen (secondary N) is 1. The topological polar surface area (TPSA) is 55.2 Å².